The van der Waals surface area contributed by atoms with Gasteiger partial charge in [0.25, 0.3) is 0 Å². The van der Waals surface area contributed by atoms with Crippen LogP contribution in [0.25, 0.3) is 0 Å². The fourth-order valence-corrected chi connectivity index (χ4v) is 2.68. The Morgan fingerprint density at radius 1 is 1.04 bits per heavy atom. The second-order valence-corrected chi connectivity index (χ2v) is 6.53. The lowest BCUT2D eigenvalue weighted by atomic mass is 10.0. The van der Waals surface area contributed by atoms with Crippen LogP contribution in [0, 0.1) is 6.92 Å². The van der Waals surface area contributed by atoms with E-state index in [1.807, 2.05) is 55.5 Å². The van der Waals surface area contributed by atoms with Crippen molar-refractivity contribution in [3.63, 3.8) is 0 Å². The van der Waals surface area contributed by atoms with Gasteiger partial charge in [-0.2, -0.15) is 0 Å². The molecule has 0 aromatic heterocycles. The van der Waals surface area contributed by atoms with Crippen molar-refractivity contribution in [2.24, 2.45) is 0 Å². The van der Waals surface area contributed by atoms with Crippen LogP contribution in [-0.4, -0.2) is 18.4 Å². The third-order valence-corrected chi connectivity index (χ3v) is 4.15. The maximum Gasteiger partial charge on any atom is 0.222 e. The normalized spacial score (nSPS) is 11.6. The molecule has 132 valence electrons. The van der Waals surface area contributed by atoms with Crippen LogP contribution in [0.2, 0.25) is 5.02 Å². The molecular formula is C20H23ClN2O2. The van der Waals surface area contributed by atoms with E-state index in [0.717, 1.165) is 23.1 Å². The highest BCUT2D eigenvalue weighted by molar-refractivity contribution is 6.30. The highest BCUT2D eigenvalue weighted by Gasteiger charge is 2.16. The van der Waals surface area contributed by atoms with Gasteiger partial charge in [0.2, 0.25) is 11.8 Å². The van der Waals surface area contributed by atoms with Crippen LogP contribution in [0.4, 0.5) is 0 Å². The number of halogens is 1. The van der Waals surface area contributed by atoms with Crippen LogP contribution in [0.1, 0.15) is 36.1 Å². The van der Waals surface area contributed by atoms with E-state index in [2.05, 4.69) is 10.6 Å². The van der Waals surface area contributed by atoms with Crippen molar-refractivity contribution in [3.05, 3.63) is 70.2 Å². The van der Waals surface area contributed by atoms with Crippen molar-refractivity contribution in [1.82, 2.24) is 10.6 Å². The van der Waals surface area contributed by atoms with Gasteiger partial charge in [0, 0.05) is 18.5 Å². The molecule has 0 fully saturated rings. The van der Waals surface area contributed by atoms with Crippen LogP contribution < -0.4 is 10.6 Å². The molecule has 2 aromatic rings. The maximum atomic E-state index is 12.2. The summed E-state index contributed by atoms with van der Waals surface area (Å²) >= 11 is 5.86. The molecule has 2 amide bonds. The molecule has 2 N–H and O–H groups in total. The van der Waals surface area contributed by atoms with Crippen LogP contribution in [-0.2, 0) is 16.0 Å². The standard InChI is InChI=1S/C20H23ClN2O2/c1-14-3-7-17(8-4-14)19(23-15(2)24)13-20(25)22-12-11-16-5-9-18(21)10-6-16/h3-10,19H,11-13H2,1-2H3,(H,22,25)(H,23,24). The summed E-state index contributed by atoms with van der Waals surface area (Å²) in [6, 6.07) is 15.1. The van der Waals surface area contributed by atoms with Crippen LogP contribution in [0.15, 0.2) is 48.5 Å². The molecule has 0 aliphatic rings. The van der Waals surface area contributed by atoms with Gasteiger partial charge in [-0.05, 0) is 36.6 Å². The van der Waals surface area contributed by atoms with Crippen LogP contribution >= 0.6 is 11.6 Å². The SMILES string of the molecule is CC(=O)NC(CC(=O)NCCc1ccc(Cl)cc1)c1ccc(C)cc1. The second kappa shape index (κ2) is 9.23. The summed E-state index contributed by atoms with van der Waals surface area (Å²) in [5.74, 6) is -0.243. The van der Waals surface area contributed by atoms with E-state index in [-0.39, 0.29) is 24.3 Å². The Kier molecular flexibility index (Phi) is 7.02. The summed E-state index contributed by atoms with van der Waals surface area (Å²) in [5, 5.41) is 6.45. The van der Waals surface area contributed by atoms with Crippen LogP contribution in [0.3, 0.4) is 0 Å². The lowest BCUT2D eigenvalue weighted by Gasteiger charge is -2.18. The summed E-state index contributed by atoms with van der Waals surface area (Å²) in [4.78, 5) is 23.7. The zero-order valence-corrected chi connectivity index (χ0v) is 15.3. The van der Waals surface area contributed by atoms with E-state index in [1.165, 1.54) is 6.92 Å². The molecule has 0 spiro atoms. The first kappa shape index (κ1) is 19.0. The van der Waals surface area contributed by atoms with Gasteiger partial charge in [0.15, 0.2) is 0 Å². The molecule has 0 heterocycles. The number of nitrogens with one attached hydrogen (secondary N) is 2. The van der Waals surface area contributed by atoms with E-state index in [1.54, 1.807) is 0 Å². The van der Waals surface area contributed by atoms with Gasteiger partial charge in [0.1, 0.15) is 0 Å². The fraction of sp³-hybridized carbons (Fsp3) is 0.300. The molecule has 0 radical (unpaired) electrons. The van der Waals surface area contributed by atoms with Gasteiger partial charge >= 0.3 is 0 Å². The Morgan fingerprint density at radius 2 is 1.68 bits per heavy atom. The van der Waals surface area contributed by atoms with Gasteiger partial charge in [-0.25, -0.2) is 0 Å². The largest absolute Gasteiger partial charge is 0.356 e. The molecule has 1 atom stereocenters. The van der Waals surface area contributed by atoms with Gasteiger partial charge in [0.05, 0.1) is 12.5 Å². The summed E-state index contributed by atoms with van der Waals surface area (Å²) in [5.41, 5.74) is 3.17. The molecule has 0 bridgehead atoms. The zero-order valence-electron chi connectivity index (χ0n) is 14.5. The monoisotopic (exact) mass is 358 g/mol. The molecule has 25 heavy (non-hydrogen) atoms. The van der Waals surface area contributed by atoms with E-state index in [9.17, 15) is 9.59 Å². The highest BCUT2D eigenvalue weighted by Crippen LogP contribution is 2.17. The number of rotatable bonds is 7. The first-order valence-corrected chi connectivity index (χ1v) is 8.66. The third-order valence-electron chi connectivity index (χ3n) is 3.90. The molecule has 0 saturated heterocycles. The maximum absolute atomic E-state index is 12.2. The molecule has 5 heteroatoms. The van der Waals surface area contributed by atoms with Gasteiger partial charge in [-0.15, -0.1) is 0 Å². The summed E-state index contributed by atoms with van der Waals surface area (Å²) in [6.45, 7) is 4.00. The van der Waals surface area contributed by atoms with Crippen molar-refractivity contribution in [2.45, 2.75) is 32.7 Å². The number of carbonyl (C=O) groups is 2. The Bertz CT molecular complexity index is 711. The highest BCUT2D eigenvalue weighted by atomic mass is 35.5. The molecule has 0 aliphatic heterocycles. The molecule has 2 rings (SSSR count). The van der Waals surface area contributed by atoms with E-state index in [4.69, 9.17) is 11.6 Å². The minimum Gasteiger partial charge on any atom is -0.356 e. The third kappa shape index (κ3) is 6.59. The average Bonchev–Trinajstić information content (AvgIpc) is 2.56. The minimum atomic E-state index is -0.325. The Labute approximate surface area is 153 Å². The summed E-state index contributed by atoms with van der Waals surface area (Å²) in [7, 11) is 0. The van der Waals surface area contributed by atoms with E-state index in [0.29, 0.717) is 11.6 Å². The first-order chi connectivity index (χ1) is 11.9. The first-order valence-electron chi connectivity index (χ1n) is 8.29. The molecule has 4 nitrogen and oxygen atoms in total. The lowest BCUT2D eigenvalue weighted by molar-refractivity contribution is -0.122. The molecule has 0 aliphatic carbocycles. The van der Waals surface area contributed by atoms with Gasteiger partial charge < -0.3 is 10.6 Å². The number of hydrogen-bond acceptors (Lipinski definition) is 2. The number of carbonyl (C=O) groups excluding carboxylic acids is 2. The number of hydrogen-bond donors (Lipinski definition) is 2. The quantitative estimate of drug-likeness (QED) is 0.794. The van der Waals surface area contributed by atoms with Gasteiger partial charge in [-0.1, -0.05) is 53.6 Å². The number of amides is 2. The number of aryl methyl sites for hydroxylation is 1. The van der Waals surface area contributed by atoms with Gasteiger partial charge in [-0.3, -0.25) is 9.59 Å². The summed E-state index contributed by atoms with van der Waals surface area (Å²) < 4.78 is 0. The number of benzene rings is 2. The molecule has 1 unspecified atom stereocenters. The average molecular weight is 359 g/mol. The topological polar surface area (TPSA) is 58.2 Å². The molecular weight excluding hydrogens is 336 g/mol. The lowest BCUT2D eigenvalue weighted by Crippen LogP contribution is -2.33. The Morgan fingerprint density at radius 3 is 2.28 bits per heavy atom. The fourth-order valence-electron chi connectivity index (χ4n) is 2.55. The molecule has 0 saturated carbocycles. The molecule has 2 aromatic carbocycles. The minimum absolute atomic E-state index is 0.0895. The Hall–Kier alpha value is -2.33. The van der Waals surface area contributed by atoms with Crippen molar-refractivity contribution in [1.29, 1.82) is 0 Å². The second-order valence-electron chi connectivity index (χ2n) is 6.09. The predicted molar refractivity (Wildman–Crippen MR) is 101 cm³/mol. The van der Waals surface area contributed by atoms with Crippen molar-refractivity contribution in [2.75, 3.05) is 6.54 Å². The smallest absolute Gasteiger partial charge is 0.222 e. The van der Waals surface area contributed by atoms with E-state index < -0.39 is 0 Å². The van der Waals surface area contributed by atoms with Crippen molar-refractivity contribution in [3.8, 4) is 0 Å². The van der Waals surface area contributed by atoms with Crippen LogP contribution in [0.5, 0.6) is 0 Å². The summed E-state index contributed by atoms with van der Waals surface area (Å²) in [6.07, 6.45) is 0.946. The van der Waals surface area contributed by atoms with Crippen molar-refractivity contribution >= 4 is 23.4 Å². The predicted octanol–water partition coefficient (Wildman–Crippen LogP) is 3.57. The van der Waals surface area contributed by atoms with E-state index >= 15 is 0 Å². The zero-order chi connectivity index (χ0) is 18.2. The Balaban J connectivity index is 1.89. The van der Waals surface area contributed by atoms with Crippen molar-refractivity contribution < 1.29 is 9.59 Å².